The maximum Gasteiger partial charge on any atom is 0.496 e. The van der Waals surface area contributed by atoms with Gasteiger partial charge in [0, 0.05) is 23.3 Å². The Morgan fingerprint density at radius 1 is 0.647 bits per heavy atom. The number of hydrogen-bond acceptors (Lipinski definition) is 7. The molecule has 3 aromatic carbocycles. The second-order valence-corrected chi connectivity index (χ2v) is 9.56. The van der Waals surface area contributed by atoms with E-state index in [0.29, 0.717) is 11.5 Å². The van der Waals surface area contributed by atoms with E-state index in [2.05, 4.69) is 38.7 Å². The molecule has 8 heteroatoms. The summed E-state index contributed by atoms with van der Waals surface area (Å²) in [7, 11) is -0.522. The second kappa shape index (κ2) is 7.58. The van der Waals surface area contributed by atoms with Gasteiger partial charge in [0.15, 0.2) is 23.0 Å². The average molecular weight is 459 g/mol. The van der Waals surface area contributed by atoms with E-state index in [0.717, 1.165) is 34.0 Å². The highest BCUT2D eigenvalue weighted by Gasteiger charge is 2.52. The Morgan fingerprint density at radius 3 is 1.71 bits per heavy atom. The number of ether oxygens (including phenoxy) is 4. The molecule has 0 spiro atoms. The van der Waals surface area contributed by atoms with Crippen LogP contribution in [-0.4, -0.2) is 31.9 Å². The molecule has 0 unspecified atom stereocenters. The number of benzene rings is 3. The van der Waals surface area contributed by atoms with Gasteiger partial charge in [-0.05, 0) is 58.0 Å². The number of fused-ring (bicyclic) bond motifs is 2. The van der Waals surface area contributed by atoms with Gasteiger partial charge in [-0.3, -0.25) is 0 Å². The van der Waals surface area contributed by atoms with Crippen molar-refractivity contribution in [2.75, 3.05) is 18.5 Å². The van der Waals surface area contributed by atoms with Crippen LogP contribution in [0.5, 0.6) is 23.0 Å². The molecule has 0 bridgehead atoms. The first-order chi connectivity index (χ1) is 16.3. The van der Waals surface area contributed by atoms with E-state index in [9.17, 15) is 0 Å². The van der Waals surface area contributed by atoms with Gasteiger partial charge in [-0.2, -0.15) is 0 Å². The fourth-order valence-corrected chi connectivity index (χ4v) is 4.34. The van der Waals surface area contributed by atoms with E-state index < -0.39 is 18.3 Å². The summed E-state index contributed by atoms with van der Waals surface area (Å²) in [4.78, 5) is 2.14. The molecule has 3 aromatic rings. The van der Waals surface area contributed by atoms with E-state index in [4.69, 9.17) is 28.3 Å². The van der Waals surface area contributed by atoms with Crippen molar-refractivity contribution < 1.29 is 28.3 Å². The summed E-state index contributed by atoms with van der Waals surface area (Å²) in [6, 6.07) is 20.0. The first-order valence-electron chi connectivity index (χ1n) is 11.4. The van der Waals surface area contributed by atoms with Crippen LogP contribution in [0.25, 0.3) is 0 Å². The molecule has 0 aromatic heterocycles. The van der Waals surface area contributed by atoms with E-state index >= 15 is 0 Å². The van der Waals surface area contributed by atoms with Crippen LogP contribution in [0.15, 0.2) is 60.7 Å². The fourth-order valence-electron chi connectivity index (χ4n) is 4.34. The fraction of sp³-hybridized carbons (Fsp3) is 0.308. The Hall–Kier alpha value is -3.36. The largest absolute Gasteiger partial charge is 0.496 e. The van der Waals surface area contributed by atoms with E-state index in [1.165, 1.54) is 0 Å². The number of para-hydroxylation sites is 1. The highest BCUT2D eigenvalue weighted by atomic mass is 16.7. The van der Waals surface area contributed by atoms with Crippen LogP contribution < -0.4 is 29.3 Å². The molecule has 6 rings (SSSR count). The average Bonchev–Trinajstić information content (AvgIpc) is 3.51. The normalized spacial score (nSPS) is 18.9. The monoisotopic (exact) mass is 459 g/mol. The molecule has 7 nitrogen and oxygen atoms in total. The van der Waals surface area contributed by atoms with Gasteiger partial charge in [-0.1, -0.05) is 18.2 Å². The Labute approximate surface area is 199 Å². The lowest BCUT2D eigenvalue weighted by molar-refractivity contribution is 0.00578. The van der Waals surface area contributed by atoms with Crippen LogP contribution in [0.1, 0.15) is 27.7 Å². The van der Waals surface area contributed by atoms with Crippen molar-refractivity contribution in [1.29, 1.82) is 0 Å². The maximum atomic E-state index is 6.42. The molecule has 1 fully saturated rings. The van der Waals surface area contributed by atoms with Crippen LogP contribution in [-0.2, 0) is 9.31 Å². The lowest BCUT2D eigenvalue weighted by atomic mass is 9.77. The van der Waals surface area contributed by atoms with Gasteiger partial charge in [0.2, 0.25) is 13.6 Å². The molecular formula is C26H26BNO6. The van der Waals surface area contributed by atoms with E-state index in [-0.39, 0.29) is 13.6 Å². The SMILES string of the molecule is CC1(C)OB(c2ccccc2N(c2ccc3c(c2)OCO3)c2ccc3c(c2)OCO3)OC1(C)C. The zero-order chi connectivity index (χ0) is 23.5. The summed E-state index contributed by atoms with van der Waals surface area (Å²) in [5.74, 6) is 2.87. The molecule has 0 atom stereocenters. The third-order valence-corrected chi connectivity index (χ3v) is 6.91. The molecule has 0 radical (unpaired) electrons. The molecule has 3 heterocycles. The molecule has 0 saturated carbocycles. The summed E-state index contributed by atoms with van der Waals surface area (Å²) in [5.41, 5.74) is 2.77. The van der Waals surface area contributed by atoms with Gasteiger partial charge < -0.3 is 33.2 Å². The van der Waals surface area contributed by atoms with Crippen LogP contribution in [0.3, 0.4) is 0 Å². The second-order valence-electron chi connectivity index (χ2n) is 9.56. The lowest BCUT2D eigenvalue weighted by Gasteiger charge is -2.32. The molecule has 34 heavy (non-hydrogen) atoms. The standard InChI is InChI=1S/C26H26BNO6/c1-25(2)26(3,4)34-27(33-25)19-7-5-6-8-20(19)28(17-9-11-21-23(13-17)31-15-29-21)18-10-12-22-24(14-18)32-16-30-22/h5-14H,15-16H2,1-4H3. The Balaban J connectivity index is 1.50. The smallest absolute Gasteiger partial charge is 0.454 e. The number of rotatable bonds is 4. The minimum absolute atomic E-state index is 0.216. The Kier molecular flexibility index (Phi) is 4.73. The summed E-state index contributed by atoms with van der Waals surface area (Å²) in [6.07, 6.45) is 0. The van der Waals surface area contributed by atoms with Gasteiger partial charge in [0.05, 0.1) is 22.6 Å². The topological polar surface area (TPSA) is 58.6 Å². The van der Waals surface area contributed by atoms with Gasteiger partial charge in [-0.25, -0.2) is 0 Å². The maximum absolute atomic E-state index is 6.42. The Bertz CT molecular complexity index is 1190. The zero-order valence-electron chi connectivity index (χ0n) is 19.7. The van der Waals surface area contributed by atoms with Crippen molar-refractivity contribution in [2.45, 2.75) is 38.9 Å². The Morgan fingerprint density at radius 2 is 1.15 bits per heavy atom. The van der Waals surface area contributed by atoms with Gasteiger partial charge in [0.25, 0.3) is 0 Å². The molecule has 1 saturated heterocycles. The van der Waals surface area contributed by atoms with Crippen molar-refractivity contribution in [3.63, 3.8) is 0 Å². The minimum atomic E-state index is -0.522. The van der Waals surface area contributed by atoms with Crippen molar-refractivity contribution >= 4 is 29.6 Å². The first-order valence-corrected chi connectivity index (χ1v) is 11.4. The van der Waals surface area contributed by atoms with Crippen LogP contribution >= 0.6 is 0 Å². The third kappa shape index (κ3) is 3.37. The van der Waals surface area contributed by atoms with Crippen molar-refractivity contribution in [3.8, 4) is 23.0 Å². The van der Waals surface area contributed by atoms with Crippen molar-refractivity contribution in [1.82, 2.24) is 0 Å². The van der Waals surface area contributed by atoms with Crippen LogP contribution in [0.2, 0.25) is 0 Å². The molecule has 3 aliphatic rings. The highest BCUT2D eigenvalue weighted by molar-refractivity contribution is 6.64. The van der Waals surface area contributed by atoms with Crippen molar-refractivity contribution in [2.24, 2.45) is 0 Å². The molecule has 0 N–H and O–H groups in total. The summed E-state index contributed by atoms with van der Waals surface area (Å²) < 4.78 is 35.3. The predicted octanol–water partition coefficient (Wildman–Crippen LogP) is 4.91. The highest BCUT2D eigenvalue weighted by Crippen LogP contribution is 2.44. The van der Waals surface area contributed by atoms with Gasteiger partial charge >= 0.3 is 7.12 Å². The predicted molar refractivity (Wildman–Crippen MR) is 129 cm³/mol. The molecule has 0 aliphatic carbocycles. The van der Waals surface area contributed by atoms with Gasteiger partial charge in [-0.15, -0.1) is 0 Å². The zero-order valence-corrected chi connectivity index (χ0v) is 19.7. The number of nitrogens with zero attached hydrogens (tertiary/aromatic N) is 1. The quantitative estimate of drug-likeness (QED) is 0.514. The molecular weight excluding hydrogens is 433 g/mol. The molecule has 3 aliphatic heterocycles. The van der Waals surface area contributed by atoms with E-state index in [1.807, 2.05) is 54.6 Å². The third-order valence-electron chi connectivity index (χ3n) is 6.91. The number of anilines is 3. The van der Waals surface area contributed by atoms with Crippen LogP contribution in [0, 0.1) is 0 Å². The lowest BCUT2D eigenvalue weighted by Crippen LogP contribution is -2.41. The molecule has 0 amide bonds. The van der Waals surface area contributed by atoms with E-state index in [1.54, 1.807) is 0 Å². The van der Waals surface area contributed by atoms with Gasteiger partial charge in [0.1, 0.15) is 0 Å². The minimum Gasteiger partial charge on any atom is -0.454 e. The summed E-state index contributed by atoms with van der Waals surface area (Å²) >= 11 is 0. The first kappa shape index (κ1) is 21.2. The number of hydrogen-bond donors (Lipinski definition) is 0. The van der Waals surface area contributed by atoms with Crippen LogP contribution in [0.4, 0.5) is 17.1 Å². The van der Waals surface area contributed by atoms with Crippen molar-refractivity contribution in [3.05, 3.63) is 60.7 Å². The summed E-state index contributed by atoms with van der Waals surface area (Å²) in [5, 5.41) is 0. The summed E-state index contributed by atoms with van der Waals surface area (Å²) in [6.45, 7) is 8.67. The molecule has 174 valence electrons.